The fraction of sp³-hybridized carbons (Fsp3) is 0.625. The standard InChI is InChI=1S/C8H13NO3S2/c1-2-4-13-8(10)9-7-3-5-14(11,12)6-7/h2,7H,1,3-6H2,(H,9,10). The summed E-state index contributed by atoms with van der Waals surface area (Å²) in [4.78, 5) is 11.2. The van der Waals surface area contributed by atoms with Crippen molar-refractivity contribution in [3.8, 4) is 0 Å². The van der Waals surface area contributed by atoms with Gasteiger partial charge in [0.05, 0.1) is 11.5 Å². The molecule has 6 heteroatoms. The first-order valence-electron chi connectivity index (χ1n) is 4.28. The minimum atomic E-state index is -2.91. The van der Waals surface area contributed by atoms with Crippen molar-refractivity contribution in [1.29, 1.82) is 0 Å². The molecule has 0 aromatic heterocycles. The van der Waals surface area contributed by atoms with Crippen molar-refractivity contribution in [3.05, 3.63) is 12.7 Å². The molecule has 0 aliphatic carbocycles. The van der Waals surface area contributed by atoms with Gasteiger partial charge in [-0.05, 0) is 6.42 Å². The van der Waals surface area contributed by atoms with Gasteiger partial charge in [-0.1, -0.05) is 17.8 Å². The van der Waals surface area contributed by atoms with Gasteiger partial charge in [-0.2, -0.15) is 0 Å². The van der Waals surface area contributed by atoms with Crippen molar-refractivity contribution in [1.82, 2.24) is 5.32 Å². The minimum Gasteiger partial charge on any atom is -0.343 e. The minimum absolute atomic E-state index is 0.0768. The number of sulfone groups is 1. The van der Waals surface area contributed by atoms with Crippen LogP contribution >= 0.6 is 11.8 Å². The summed E-state index contributed by atoms with van der Waals surface area (Å²) in [6.07, 6.45) is 2.17. The predicted molar refractivity (Wildman–Crippen MR) is 58.2 cm³/mol. The molecule has 1 fully saturated rings. The molecule has 1 atom stereocenters. The second-order valence-electron chi connectivity index (χ2n) is 3.13. The molecule has 0 aromatic rings. The van der Waals surface area contributed by atoms with Crippen LogP contribution in [-0.2, 0) is 9.84 Å². The monoisotopic (exact) mass is 235 g/mol. The van der Waals surface area contributed by atoms with Crippen molar-refractivity contribution in [3.63, 3.8) is 0 Å². The summed E-state index contributed by atoms with van der Waals surface area (Å²) in [6, 6.07) is -0.204. The molecular formula is C8H13NO3S2. The molecule has 0 radical (unpaired) electrons. The SMILES string of the molecule is C=CCSC(=O)NC1CCS(=O)(=O)C1. The molecule has 0 aromatic carbocycles. The number of carbonyl (C=O) groups excluding carboxylic acids is 1. The quantitative estimate of drug-likeness (QED) is 0.735. The Morgan fingerprint density at radius 3 is 2.86 bits per heavy atom. The third-order valence-corrected chi connectivity index (χ3v) is 4.44. The van der Waals surface area contributed by atoms with E-state index >= 15 is 0 Å². The molecule has 1 saturated heterocycles. The lowest BCUT2D eigenvalue weighted by Gasteiger charge is -2.08. The average molecular weight is 235 g/mol. The number of thioether (sulfide) groups is 1. The predicted octanol–water partition coefficient (Wildman–Crippen LogP) is 0.802. The maximum atomic E-state index is 11.2. The molecule has 4 nitrogen and oxygen atoms in total. The van der Waals surface area contributed by atoms with Crippen molar-refractivity contribution < 1.29 is 13.2 Å². The Balaban J connectivity index is 2.32. The molecule has 0 saturated carbocycles. The number of carbonyl (C=O) groups is 1. The van der Waals surface area contributed by atoms with Gasteiger partial charge in [0, 0.05) is 11.8 Å². The van der Waals surface area contributed by atoms with E-state index in [0.29, 0.717) is 12.2 Å². The van der Waals surface area contributed by atoms with E-state index < -0.39 is 9.84 Å². The zero-order valence-corrected chi connectivity index (χ0v) is 9.36. The molecule has 1 aliphatic rings. The Bertz CT molecular complexity index is 323. The third-order valence-electron chi connectivity index (χ3n) is 1.89. The number of hydrogen-bond donors (Lipinski definition) is 1. The Hall–Kier alpha value is -0.490. The summed E-state index contributed by atoms with van der Waals surface area (Å²) in [6.45, 7) is 3.49. The summed E-state index contributed by atoms with van der Waals surface area (Å²) >= 11 is 1.10. The van der Waals surface area contributed by atoms with Gasteiger partial charge < -0.3 is 5.32 Å². The largest absolute Gasteiger partial charge is 0.343 e. The summed E-state index contributed by atoms with van der Waals surface area (Å²) < 4.78 is 22.1. The van der Waals surface area contributed by atoms with Crippen LogP contribution < -0.4 is 5.32 Å². The summed E-state index contributed by atoms with van der Waals surface area (Å²) in [5.74, 6) is 0.808. The van der Waals surface area contributed by atoms with E-state index in [1.165, 1.54) is 0 Å². The zero-order chi connectivity index (χ0) is 10.6. The maximum Gasteiger partial charge on any atom is 0.279 e. The molecule has 1 N–H and O–H groups in total. The molecule has 1 rings (SSSR count). The normalized spacial score (nSPS) is 24.4. The van der Waals surface area contributed by atoms with Crippen LogP contribution in [0.25, 0.3) is 0 Å². The molecule has 1 heterocycles. The Kier molecular flexibility index (Phi) is 4.00. The van der Waals surface area contributed by atoms with Crippen molar-refractivity contribution in [2.24, 2.45) is 0 Å². The van der Waals surface area contributed by atoms with E-state index in [2.05, 4.69) is 11.9 Å². The lowest BCUT2D eigenvalue weighted by Crippen LogP contribution is -2.33. The van der Waals surface area contributed by atoms with Gasteiger partial charge >= 0.3 is 0 Å². The van der Waals surface area contributed by atoms with Crippen LogP contribution in [0.3, 0.4) is 0 Å². The van der Waals surface area contributed by atoms with Crippen LogP contribution in [0.5, 0.6) is 0 Å². The van der Waals surface area contributed by atoms with Gasteiger partial charge in [0.1, 0.15) is 0 Å². The first kappa shape index (κ1) is 11.6. The fourth-order valence-electron chi connectivity index (χ4n) is 1.25. The highest BCUT2D eigenvalue weighted by Gasteiger charge is 2.28. The number of amides is 1. The zero-order valence-electron chi connectivity index (χ0n) is 7.73. The molecule has 80 valence electrons. The smallest absolute Gasteiger partial charge is 0.279 e. The van der Waals surface area contributed by atoms with Crippen LogP contribution in [0.1, 0.15) is 6.42 Å². The number of rotatable bonds is 3. The first-order chi connectivity index (χ1) is 6.53. The van der Waals surface area contributed by atoms with Crippen LogP contribution in [0.4, 0.5) is 4.79 Å². The molecule has 14 heavy (non-hydrogen) atoms. The topological polar surface area (TPSA) is 63.2 Å². The van der Waals surface area contributed by atoms with Crippen molar-refractivity contribution >= 4 is 26.8 Å². The molecule has 0 bridgehead atoms. The summed E-state index contributed by atoms with van der Waals surface area (Å²) in [5, 5.41) is 2.49. The van der Waals surface area contributed by atoms with Gasteiger partial charge in [-0.15, -0.1) is 6.58 Å². The first-order valence-corrected chi connectivity index (χ1v) is 7.09. The summed E-state index contributed by atoms with van der Waals surface area (Å²) in [5.41, 5.74) is 0. The van der Waals surface area contributed by atoms with Gasteiger partial charge in [-0.25, -0.2) is 8.42 Å². The van der Waals surface area contributed by atoms with Gasteiger partial charge in [0.2, 0.25) is 0 Å². The van der Waals surface area contributed by atoms with Crippen molar-refractivity contribution in [2.75, 3.05) is 17.3 Å². The third kappa shape index (κ3) is 3.71. The van der Waals surface area contributed by atoms with Crippen molar-refractivity contribution in [2.45, 2.75) is 12.5 Å². The van der Waals surface area contributed by atoms with E-state index in [0.717, 1.165) is 11.8 Å². The second kappa shape index (κ2) is 4.84. The molecule has 1 unspecified atom stereocenters. The molecule has 1 aliphatic heterocycles. The number of nitrogens with one attached hydrogen (secondary N) is 1. The lowest BCUT2D eigenvalue weighted by atomic mass is 10.3. The van der Waals surface area contributed by atoms with Crippen LogP contribution in [0, 0.1) is 0 Å². The Labute approximate surface area is 88.1 Å². The second-order valence-corrected chi connectivity index (χ2v) is 6.35. The maximum absolute atomic E-state index is 11.2. The van der Waals surface area contributed by atoms with Gasteiger partial charge in [-0.3, -0.25) is 4.79 Å². The highest BCUT2D eigenvalue weighted by Crippen LogP contribution is 2.13. The van der Waals surface area contributed by atoms with E-state index in [1.54, 1.807) is 6.08 Å². The highest BCUT2D eigenvalue weighted by molar-refractivity contribution is 8.13. The summed E-state index contributed by atoms with van der Waals surface area (Å²) in [7, 11) is -2.91. The number of hydrogen-bond acceptors (Lipinski definition) is 4. The van der Waals surface area contributed by atoms with Crippen LogP contribution in [-0.4, -0.2) is 37.0 Å². The van der Waals surface area contributed by atoms with Gasteiger partial charge in [0.25, 0.3) is 5.24 Å². The van der Waals surface area contributed by atoms with E-state index in [9.17, 15) is 13.2 Å². The highest BCUT2D eigenvalue weighted by atomic mass is 32.2. The Morgan fingerprint density at radius 2 is 2.36 bits per heavy atom. The molecule has 1 amide bonds. The van der Waals surface area contributed by atoms with Crippen LogP contribution in [0.2, 0.25) is 0 Å². The molecule has 0 spiro atoms. The lowest BCUT2D eigenvalue weighted by molar-refractivity contribution is 0.258. The van der Waals surface area contributed by atoms with Gasteiger partial charge in [0.15, 0.2) is 9.84 Å². The van der Waals surface area contributed by atoms with E-state index in [4.69, 9.17) is 0 Å². The van der Waals surface area contributed by atoms with Crippen LogP contribution in [0.15, 0.2) is 12.7 Å². The fourth-order valence-corrected chi connectivity index (χ4v) is 3.44. The average Bonchev–Trinajstić information content (AvgIpc) is 2.42. The Morgan fingerprint density at radius 1 is 1.64 bits per heavy atom. The molecular weight excluding hydrogens is 222 g/mol. The van der Waals surface area contributed by atoms with E-state index in [1.807, 2.05) is 0 Å². The van der Waals surface area contributed by atoms with E-state index in [-0.39, 0.29) is 22.8 Å².